The average Bonchev–Trinajstić information content (AvgIpc) is 3.27. The number of carbonyl (C=O) groups is 2. The maximum atomic E-state index is 12.3. The first-order chi connectivity index (χ1) is 14.1. The van der Waals surface area contributed by atoms with Crippen molar-refractivity contribution in [3.8, 4) is 11.5 Å². The molecule has 1 aliphatic heterocycles. The van der Waals surface area contributed by atoms with Crippen molar-refractivity contribution in [3.63, 3.8) is 0 Å². The molecule has 1 fully saturated rings. The maximum Gasteiger partial charge on any atom is 0.321 e. The second-order valence-electron chi connectivity index (χ2n) is 6.94. The monoisotopic (exact) mass is 397 g/mol. The number of carbonyl (C=O) groups excluding carboxylic acids is 2. The van der Waals surface area contributed by atoms with E-state index < -0.39 is 0 Å². The van der Waals surface area contributed by atoms with Crippen LogP contribution in [0, 0.1) is 0 Å². The van der Waals surface area contributed by atoms with E-state index in [1.165, 1.54) is 0 Å². The quantitative estimate of drug-likeness (QED) is 0.743. The van der Waals surface area contributed by atoms with E-state index in [0.29, 0.717) is 35.7 Å². The lowest BCUT2D eigenvalue weighted by atomic mass is 10.1. The Kier molecular flexibility index (Phi) is 6.94. The Balaban J connectivity index is 1.53. The van der Waals surface area contributed by atoms with Gasteiger partial charge in [-0.15, -0.1) is 0 Å². The molecule has 3 rings (SSSR count). The third-order valence-electron chi connectivity index (χ3n) is 4.88. The number of amides is 3. The zero-order chi connectivity index (χ0) is 20.6. The number of hydrogen-bond donors (Lipinski definition) is 2. The van der Waals surface area contributed by atoms with Crippen LogP contribution in [0.2, 0.25) is 0 Å². The molecule has 0 spiro atoms. The van der Waals surface area contributed by atoms with Crippen molar-refractivity contribution in [2.24, 2.45) is 0 Å². The van der Waals surface area contributed by atoms with Crippen LogP contribution in [0.25, 0.3) is 0 Å². The minimum Gasteiger partial charge on any atom is -0.493 e. The predicted molar refractivity (Wildman–Crippen MR) is 113 cm³/mol. The van der Waals surface area contributed by atoms with Gasteiger partial charge in [0.05, 0.1) is 14.2 Å². The Hall–Kier alpha value is -3.22. The minimum atomic E-state index is -0.0978. The van der Waals surface area contributed by atoms with Crippen molar-refractivity contribution >= 4 is 23.3 Å². The largest absolute Gasteiger partial charge is 0.493 e. The van der Waals surface area contributed by atoms with Crippen molar-refractivity contribution in [2.45, 2.75) is 25.7 Å². The molecule has 7 nitrogen and oxygen atoms in total. The molecule has 2 aromatic rings. The van der Waals surface area contributed by atoms with Crippen molar-refractivity contribution < 1.29 is 19.1 Å². The second kappa shape index (κ2) is 9.82. The number of benzene rings is 2. The molecule has 0 radical (unpaired) electrons. The second-order valence-corrected chi connectivity index (χ2v) is 6.94. The molecule has 154 valence electrons. The molecular formula is C22H27N3O4. The molecule has 0 aliphatic carbocycles. The van der Waals surface area contributed by atoms with Crippen LogP contribution in [0.15, 0.2) is 42.5 Å². The average molecular weight is 397 g/mol. The zero-order valence-corrected chi connectivity index (χ0v) is 16.9. The Bertz CT molecular complexity index is 863. The maximum absolute atomic E-state index is 12.3. The van der Waals surface area contributed by atoms with E-state index in [9.17, 15) is 9.59 Å². The highest BCUT2D eigenvalue weighted by molar-refractivity contribution is 5.93. The van der Waals surface area contributed by atoms with Gasteiger partial charge in [-0.3, -0.25) is 4.79 Å². The summed E-state index contributed by atoms with van der Waals surface area (Å²) in [5.74, 6) is 1.21. The van der Waals surface area contributed by atoms with Crippen LogP contribution in [0.4, 0.5) is 16.2 Å². The summed E-state index contributed by atoms with van der Waals surface area (Å²) >= 11 is 0. The number of hydrogen-bond acceptors (Lipinski definition) is 4. The molecule has 2 aromatic carbocycles. The minimum absolute atomic E-state index is 0.0946. The molecule has 3 amide bonds. The Morgan fingerprint density at radius 2 is 1.62 bits per heavy atom. The van der Waals surface area contributed by atoms with Crippen LogP contribution in [-0.4, -0.2) is 44.1 Å². The van der Waals surface area contributed by atoms with Crippen molar-refractivity contribution in [1.82, 2.24) is 4.90 Å². The standard InChI is InChI=1S/C22H27N3O4/c1-28-19-10-8-16(14-20(19)29-2)9-11-21(26)23-17-6-5-7-18(15-17)24-22(27)25-12-3-4-13-25/h5-8,10,14-15H,3-4,9,11-13H2,1-2H3,(H,23,26)(H,24,27). The molecule has 29 heavy (non-hydrogen) atoms. The molecule has 7 heteroatoms. The van der Waals surface area contributed by atoms with Gasteiger partial charge in [-0.2, -0.15) is 0 Å². The first-order valence-electron chi connectivity index (χ1n) is 9.76. The van der Waals surface area contributed by atoms with E-state index in [0.717, 1.165) is 31.5 Å². The summed E-state index contributed by atoms with van der Waals surface area (Å²) in [6.07, 6.45) is 3.00. The first kappa shape index (κ1) is 20.5. The predicted octanol–water partition coefficient (Wildman–Crippen LogP) is 3.90. The zero-order valence-electron chi connectivity index (χ0n) is 16.9. The fourth-order valence-electron chi connectivity index (χ4n) is 3.31. The molecule has 1 aliphatic rings. The van der Waals surface area contributed by atoms with Gasteiger partial charge in [0.1, 0.15) is 0 Å². The summed E-state index contributed by atoms with van der Waals surface area (Å²) < 4.78 is 10.5. The van der Waals surface area contributed by atoms with Gasteiger partial charge in [0.2, 0.25) is 5.91 Å². The summed E-state index contributed by atoms with van der Waals surface area (Å²) in [5, 5.41) is 5.78. The van der Waals surface area contributed by atoms with Gasteiger partial charge >= 0.3 is 6.03 Å². The number of methoxy groups -OCH3 is 2. The fraction of sp³-hybridized carbons (Fsp3) is 0.364. The molecular weight excluding hydrogens is 370 g/mol. The topological polar surface area (TPSA) is 79.9 Å². The smallest absolute Gasteiger partial charge is 0.321 e. The summed E-state index contributed by atoms with van der Waals surface area (Å²) in [5.41, 5.74) is 2.31. The van der Waals surface area contributed by atoms with E-state index in [4.69, 9.17) is 9.47 Å². The third kappa shape index (κ3) is 5.63. The van der Waals surface area contributed by atoms with Crippen molar-refractivity contribution in [3.05, 3.63) is 48.0 Å². The Labute approximate surface area is 171 Å². The number of ether oxygens (including phenoxy) is 2. The van der Waals surface area contributed by atoms with Gasteiger partial charge in [-0.05, 0) is 55.2 Å². The summed E-state index contributed by atoms with van der Waals surface area (Å²) in [6, 6.07) is 12.7. The number of nitrogens with zero attached hydrogens (tertiary/aromatic N) is 1. The van der Waals surface area contributed by atoms with Gasteiger partial charge in [0, 0.05) is 30.9 Å². The molecule has 0 atom stereocenters. The van der Waals surface area contributed by atoms with Crippen molar-refractivity contribution in [1.29, 1.82) is 0 Å². The third-order valence-corrected chi connectivity index (χ3v) is 4.88. The lowest BCUT2D eigenvalue weighted by Gasteiger charge is -2.16. The van der Waals surface area contributed by atoms with Crippen LogP contribution in [0.5, 0.6) is 11.5 Å². The molecule has 0 unspecified atom stereocenters. The molecule has 0 bridgehead atoms. The van der Waals surface area contributed by atoms with Gasteiger partial charge in [-0.25, -0.2) is 4.79 Å². The van der Waals surface area contributed by atoms with Crippen LogP contribution >= 0.6 is 0 Å². The molecule has 0 aromatic heterocycles. The van der Waals surface area contributed by atoms with E-state index in [1.807, 2.05) is 30.3 Å². The van der Waals surface area contributed by atoms with Gasteiger partial charge < -0.3 is 25.0 Å². The van der Waals surface area contributed by atoms with E-state index in [1.54, 1.807) is 31.3 Å². The number of rotatable bonds is 7. The molecule has 2 N–H and O–H groups in total. The van der Waals surface area contributed by atoms with E-state index in [-0.39, 0.29) is 11.9 Å². The lowest BCUT2D eigenvalue weighted by Crippen LogP contribution is -2.32. The van der Waals surface area contributed by atoms with Crippen LogP contribution < -0.4 is 20.1 Å². The van der Waals surface area contributed by atoms with Crippen LogP contribution in [-0.2, 0) is 11.2 Å². The summed E-state index contributed by atoms with van der Waals surface area (Å²) in [7, 11) is 3.18. The van der Waals surface area contributed by atoms with Crippen LogP contribution in [0.1, 0.15) is 24.8 Å². The highest BCUT2D eigenvalue weighted by Gasteiger charge is 2.17. The van der Waals surface area contributed by atoms with Gasteiger partial charge in [0.25, 0.3) is 0 Å². The Morgan fingerprint density at radius 1 is 0.931 bits per heavy atom. The highest BCUT2D eigenvalue weighted by atomic mass is 16.5. The van der Waals surface area contributed by atoms with E-state index in [2.05, 4.69) is 10.6 Å². The Morgan fingerprint density at radius 3 is 2.31 bits per heavy atom. The van der Waals surface area contributed by atoms with E-state index >= 15 is 0 Å². The molecule has 0 saturated carbocycles. The van der Waals surface area contributed by atoms with Gasteiger partial charge in [0.15, 0.2) is 11.5 Å². The number of urea groups is 1. The number of nitrogens with one attached hydrogen (secondary N) is 2. The van der Waals surface area contributed by atoms with Gasteiger partial charge in [-0.1, -0.05) is 12.1 Å². The molecule has 1 saturated heterocycles. The number of anilines is 2. The SMILES string of the molecule is COc1ccc(CCC(=O)Nc2cccc(NC(=O)N3CCCC3)c2)cc1OC. The fourth-order valence-corrected chi connectivity index (χ4v) is 3.31. The van der Waals surface area contributed by atoms with Crippen LogP contribution in [0.3, 0.4) is 0 Å². The highest BCUT2D eigenvalue weighted by Crippen LogP contribution is 2.28. The first-order valence-corrected chi connectivity index (χ1v) is 9.76. The molecule has 1 heterocycles. The number of likely N-dealkylation sites (tertiary alicyclic amines) is 1. The number of aryl methyl sites for hydroxylation is 1. The normalized spacial score (nSPS) is 13.1. The summed E-state index contributed by atoms with van der Waals surface area (Å²) in [4.78, 5) is 26.4. The lowest BCUT2D eigenvalue weighted by molar-refractivity contribution is -0.116. The van der Waals surface area contributed by atoms with Crippen molar-refractivity contribution in [2.75, 3.05) is 37.9 Å². The summed E-state index contributed by atoms with van der Waals surface area (Å²) in [6.45, 7) is 1.58.